The lowest BCUT2D eigenvalue weighted by molar-refractivity contribution is -0.148. The zero-order valence-corrected chi connectivity index (χ0v) is 28.8. The standard InChI is InChI=1S/C39H47ClN2O5/c1-24(22-45-33-11-16-41-32-10-5-7-25(2)36(32)33)17-28-18-27-19-35-34(46-23-26(3)47-35)21-31(27)38(28)12-14-39(15-13-38,37(43)44-4)42-30-9-6-8-29(40)20-30/h6,8-9,11,16,19-21,24-26,28,42H,5,7,10,12-15,17-18,22-23H2,1-4H3/t24-,25-,26-,28+,38?,39?/m1/s1. The molecule has 0 amide bonds. The first-order valence-corrected chi connectivity index (χ1v) is 17.8. The predicted molar refractivity (Wildman–Crippen MR) is 184 cm³/mol. The Labute approximate surface area is 283 Å². The van der Waals surface area contributed by atoms with Crippen LogP contribution in [-0.4, -0.2) is 42.9 Å². The van der Waals surface area contributed by atoms with Crippen molar-refractivity contribution in [3.05, 3.63) is 76.1 Å². The number of aromatic nitrogens is 1. The van der Waals surface area contributed by atoms with Crippen molar-refractivity contribution in [1.29, 1.82) is 0 Å². The van der Waals surface area contributed by atoms with Crippen molar-refractivity contribution < 1.29 is 23.7 Å². The Morgan fingerprint density at radius 2 is 1.96 bits per heavy atom. The van der Waals surface area contributed by atoms with E-state index < -0.39 is 5.54 Å². The molecule has 2 aromatic carbocycles. The highest BCUT2D eigenvalue weighted by molar-refractivity contribution is 6.30. The van der Waals surface area contributed by atoms with Crippen LogP contribution in [0.25, 0.3) is 0 Å². The minimum absolute atomic E-state index is 0.0263. The van der Waals surface area contributed by atoms with Gasteiger partial charge in [-0.3, -0.25) is 4.98 Å². The van der Waals surface area contributed by atoms with Gasteiger partial charge in [0.05, 0.1) is 13.7 Å². The molecule has 7 rings (SSSR count). The van der Waals surface area contributed by atoms with Crippen LogP contribution in [0.2, 0.25) is 5.02 Å². The van der Waals surface area contributed by atoms with Crippen molar-refractivity contribution in [2.75, 3.05) is 25.6 Å². The number of esters is 1. The minimum Gasteiger partial charge on any atom is -0.493 e. The largest absolute Gasteiger partial charge is 0.493 e. The average molecular weight is 659 g/mol. The summed E-state index contributed by atoms with van der Waals surface area (Å²) >= 11 is 6.33. The number of aryl methyl sites for hydroxylation is 1. The van der Waals surface area contributed by atoms with Crippen LogP contribution in [0.3, 0.4) is 0 Å². The molecular formula is C39H47ClN2O5. The fourth-order valence-electron chi connectivity index (χ4n) is 8.96. The third-order valence-electron chi connectivity index (χ3n) is 11.3. The normalized spacial score (nSPS) is 28.2. The highest BCUT2D eigenvalue weighted by Crippen LogP contribution is 2.58. The van der Waals surface area contributed by atoms with E-state index in [0.717, 1.165) is 55.0 Å². The lowest BCUT2D eigenvalue weighted by Crippen LogP contribution is -2.53. The van der Waals surface area contributed by atoms with E-state index >= 15 is 0 Å². The molecule has 1 saturated carbocycles. The number of hydrogen-bond acceptors (Lipinski definition) is 7. The molecule has 250 valence electrons. The molecule has 7 nitrogen and oxygen atoms in total. The molecule has 8 heteroatoms. The van der Waals surface area contributed by atoms with Crippen molar-refractivity contribution in [3.8, 4) is 17.2 Å². The average Bonchev–Trinajstić information content (AvgIpc) is 3.34. The Hall–Kier alpha value is -3.45. The lowest BCUT2D eigenvalue weighted by atomic mass is 9.59. The van der Waals surface area contributed by atoms with Crippen LogP contribution in [0.5, 0.6) is 17.2 Å². The van der Waals surface area contributed by atoms with E-state index in [1.807, 2.05) is 43.5 Å². The van der Waals surface area contributed by atoms with E-state index in [1.165, 1.54) is 42.3 Å². The Balaban J connectivity index is 1.15. The van der Waals surface area contributed by atoms with Gasteiger partial charge in [-0.25, -0.2) is 4.79 Å². The number of carbonyl (C=O) groups excluding carboxylic acids is 1. The van der Waals surface area contributed by atoms with E-state index in [4.69, 9.17) is 30.5 Å². The smallest absolute Gasteiger partial charge is 0.331 e. The number of benzene rings is 2. The maximum Gasteiger partial charge on any atom is 0.331 e. The van der Waals surface area contributed by atoms with Crippen molar-refractivity contribution in [2.24, 2.45) is 11.8 Å². The maximum absolute atomic E-state index is 13.5. The number of nitrogens with zero attached hydrogens (tertiary/aromatic N) is 1. The van der Waals surface area contributed by atoms with Crippen molar-refractivity contribution in [2.45, 2.75) is 102 Å². The minimum atomic E-state index is -0.826. The highest BCUT2D eigenvalue weighted by atomic mass is 35.5. The van der Waals surface area contributed by atoms with E-state index in [1.54, 1.807) is 0 Å². The number of fused-ring (bicyclic) bond motifs is 4. The van der Waals surface area contributed by atoms with Crippen LogP contribution in [0.1, 0.15) is 94.0 Å². The van der Waals surface area contributed by atoms with Crippen LogP contribution >= 0.6 is 11.6 Å². The SMILES string of the molecule is COC(=O)C1(Nc2cccc(Cl)c2)CCC2(CC1)c1cc3c(cc1C[C@@H]2C[C@@H](C)COc1ccnc2c1[C@H](C)CCC2)O[C@H](C)CO3. The second-order valence-electron chi connectivity index (χ2n) is 14.6. The van der Waals surface area contributed by atoms with Gasteiger partial charge in [0, 0.05) is 28.2 Å². The van der Waals surface area contributed by atoms with Gasteiger partial charge in [0.25, 0.3) is 0 Å². The van der Waals surface area contributed by atoms with Gasteiger partial charge < -0.3 is 24.3 Å². The molecule has 47 heavy (non-hydrogen) atoms. The van der Waals surface area contributed by atoms with E-state index in [9.17, 15) is 4.79 Å². The molecule has 0 radical (unpaired) electrons. The summed E-state index contributed by atoms with van der Waals surface area (Å²) in [7, 11) is 1.48. The van der Waals surface area contributed by atoms with Gasteiger partial charge in [0.1, 0.15) is 24.0 Å². The van der Waals surface area contributed by atoms with Gasteiger partial charge >= 0.3 is 5.97 Å². The molecule has 0 unspecified atom stereocenters. The summed E-state index contributed by atoms with van der Waals surface area (Å²) in [5.74, 6) is 3.65. The first-order chi connectivity index (χ1) is 22.7. The molecule has 4 atom stereocenters. The van der Waals surface area contributed by atoms with Crippen molar-refractivity contribution in [1.82, 2.24) is 4.98 Å². The summed E-state index contributed by atoms with van der Waals surface area (Å²) in [6.07, 6.45) is 10.3. The van der Waals surface area contributed by atoms with Crippen LogP contribution < -0.4 is 19.5 Å². The molecule has 3 aliphatic carbocycles. The van der Waals surface area contributed by atoms with Gasteiger partial charge in [-0.2, -0.15) is 0 Å². The zero-order valence-electron chi connectivity index (χ0n) is 28.1. The number of pyridine rings is 1. The molecule has 1 aliphatic heterocycles. The number of methoxy groups -OCH3 is 1. The Morgan fingerprint density at radius 1 is 1.13 bits per heavy atom. The predicted octanol–water partition coefficient (Wildman–Crippen LogP) is 8.45. The Morgan fingerprint density at radius 3 is 2.74 bits per heavy atom. The molecule has 1 aromatic heterocycles. The molecule has 3 aromatic rings. The number of hydrogen-bond donors (Lipinski definition) is 1. The van der Waals surface area contributed by atoms with Crippen LogP contribution in [-0.2, 0) is 27.8 Å². The number of carbonyl (C=O) groups is 1. The molecule has 2 heterocycles. The summed E-state index contributed by atoms with van der Waals surface area (Å²) in [5, 5.41) is 4.20. The first-order valence-electron chi connectivity index (χ1n) is 17.4. The van der Waals surface area contributed by atoms with Crippen molar-refractivity contribution >= 4 is 23.3 Å². The van der Waals surface area contributed by atoms with Gasteiger partial charge in [-0.15, -0.1) is 0 Å². The Bertz CT molecular complexity index is 1630. The fraction of sp³-hybridized carbons (Fsp3) is 0.538. The monoisotopic (exact) mass is 658 g/mol. The Kier molecular flexibility index (Phi) is 8.79. The number of anilines is 1. The molecule has 1 N–H and O–H groups in total. The topological polar surface area (TPSA) is 78.9 Å². The summed E-state index contributed by atoms with van der Waals surface area (Å²) in [5.41, 5.74) is 5.10. The first kappa shape index (κ1) is 32.1. The molecule has 1 fully saturated rings. The second kappa shape index (κ2) is 12.9. The molecule has 1 spiro atoms. The highest BCUT2D eigenvalue weighted by Gasteiger charge is 2.55. The van der Waals surface area contributed by atoms with Crippen LogP contribution in [0.15, 0.2) is 48.7 Å². The van der Waals surface area contributed by atoms with E-state index in [0.29, 0.717) is 48.8 Å². The number of rotatable bonds is 8. The van der Waals surface area contributed by atoms with Crippen LogP contribution in [0, 0.1) is 11.8 Å². The quantitative estimate of drug-likeness (QED) is 0.243. The van der Waals surface area contributed by atoms with Crippen molar-refractivity contribution in [3.63, 3.8) is 0 Å². The molecular weight excluding hydrogens is 612 g/mol. The third kappa shape index (κ3) is 6.05. The maximum atomic E-state index is 13.5. The summed E-state index contributed by atoms with van der Waals surface area (Å²) < 4.78 is 24.4. The van der Waals surface area contributed by atoms with Gasteiger partial charge in [-0.1, -0.05) is 31.5 Å². The zero-order chi connectivity index (χ0) is 32.8. The number of nitrogens with one attached hydrogen (secondary N) is 1. The fourth-order valence-corrected chi connectivity index (χ4v) is 9.15. The van der Waals surface area contributed by atoms with Gasteiger partial charge in [0.15, 0.2) is 11.5 Å². The van der Waals surface area contributed by atoms with Gasteiger partial charge in [-0.05, 0) is 135 Å². The number of ether oxygens (including phenoxy) is 4. The molecule has 0 saturated heterocycles. The number of halogens is 1. The molecule has 4 aliphatic rings. The van der Waals surface area contributed by atoms with E-state index in [-0.39, 0.29) is 17.5 Å². The lowest BCUT2D eigenvalue weighted by Gasteiger charge is -2.48. The summed E-state index contributed by atoms with van der Waals surface area (Å²) in [6, 6.07) is 14.1. The second-order valence-corrected chi connectivity index (χ2v) is 15.0. The van der Waals surface area contributed by atoms with Gasteiger partial charge in [0.2, 0.25) is 0 Å². The molecule has 0 bridgehead atoms. The summed E-state index contributed by atoms with van der Waals surface area (Å²) in [6.45, 7) is 7.86. The van der Waals surface area contributed by atoms with E-state index in [2.05, 4.69) is 36.3 Å². The van der Waals surface area contributed by atoms with Crippen LogP contribution in [0.4, 0.5) is 5.69 Å². The third-order valence-corrected chi connectivity index (χ3v) is 11.6. The summed E-state index contributed by atoms with van der Waals surface area (Å²) in [4.78, 5) is 18.2.